The molecule has 0 spiro atoms. The van der Waals surface area contributed by atoms with Crippen molar-refractivity contribution >= 4 is 17.4 Å². The minimum absolute atomic E-state index is 0.592. The van der Waals surface area contributed by atoms with Gasteiger partial charge in [-0.15, -0.1) is 0 Å². The summed E-state index contributed by atoms with van der Waals surface area (Å²) < 4.78 is 10.8. The van der Waals surface area contributed by atoms with Gasteiger partial charge in [-0.2, -0.15) is 0 Å². The maximum absolute atomic E-state index is 5.96. The standard InChI is InChI=1S/C15H17NO2S/c1-10-14(18-3)12(16)9-13(17-2)15(10)19-11-7-5-4-6-8-11/h4-9H,16H2,1-3H3. The molecule has 0 bridgehead atoms. The monoisotopic (exact) mass is 275 g/mol. The fourth-order valence-electron chi connectivity index (χ4n) is 1.93. The molecule has 0 fully saturated rings. The predicted molar refractivity (Wildman–Crippen MR) is 79.3 cm³/mol. The maximum Gasteiger partial charge on any atom is 0.146 e. The Bertz CT molecular complexity index is 570. The topological polar surface area (TPSA) is 44.5 Å². The van der Waals surface area contributed by atoms with Gasteiger partial charge < -0.3 is 15.2 Å². The van der Waals surface area contributed by atoms with Gasteiger partial charge >= 0.3 is 0 Å². The van der Waals surface area contributed by atoms with Crippen molar-refractivity contribution in [1.82, 2.24) is 0 Å². The summed E-state index contributed by atoms with van der Waals surface area (Å²) in [5, 5.41) is 0. The van der Waals surface area contributed by atoms with Crippen LogP contribution < -0.4 is 15.2 Å². The lowest BCUT2D eigenvalue weighted by Crippen LogP contribution is -1.99. The van der Waals surface area contributed by atoms with E-state index in [0.717, 1.165) is 21.1 Å². The van der Waals surface area contributed by atoms with Crippen molar-refractivity contribution in [1.29, 1.82) is 0 Å². The molecule has 19 heavy (non-hydrogen) atoms. The molecule has 2 aromatic rings. The molecule has 2 aromatic carbocycles. The van der Waals surface area contributed by atoms with E-state index >= 15 is 0 Å². The maximum atomic E-state index is 5.96. The SMILES string of the molecule is COc1cc(N)c(OC)c(C)c1Sc1ccccc1. The van der Waals surface area contributed by atoms with Gasteiger partial charge in [-0.25, -0.2) is 0 Å². The Morgan fingerprint density at radius 2 is 1.74 bits per heavy atom. The number of nitrogens with two attached hydrogens (primary N) is 1. The van der Waals surface area contributed by atoms with Gasteiger partial charge in [-0.05, 0) is 19.1 Å². The fraction of sp³-hybridized carbons (Fsp3) is 0.200. The molecule has 0 atom stereocenters. The van der Waals surface area contributed by atoms with Crippen molar-refractivity contribution in [2.75, 3.05) is 20.0 Å². The van der Waals surface area contributed by atoms with Crippen LogP contribution >= 0.6 is 11.8 Å². The van der Waals surface area contributed by atoms with Crippen LogP contribution in [0.4, 0.5) is 5.69 Å². The van der Waals surface area contributed by atoms with Gasteiger partial charge in [0.2, 0.25) is 0 Å². The second-order valence-corrected chi connectivity index (χ2v) is 5.15. The lowest BCUT2D eigenvalue weighted by atomic mass is 10.2. The Morgan fingerprint density at radius 3 is 2.32 bits per heavy atom. The van der Waals surface area contributed by atoms with Gasteiger partial charge in [0, 0.05) is 16.5 Å². The number of hydrogen-bond donors (Lipinski definition) is 1. The van der Waals surface area contributed by atoms with Crippen LogP contribution in [0, 0.1) is 6.92 Å². The number of benzene rings is 2. The fourth-order valence-corrected chi connectivity index (χ4v) is 2.95. The first-order valence-electron chi connectivity index (χ1n) is 5.91. The van der Waals surface area contributed by atoms with Crippen molar-refractivity contribution < 1.29 is 9.47 Å². The summed E-state index contributed by atoms with van der Waals surface area (Å²) in [5.74, 6) is 1.48. The zero-order valence-corrected chi connectivity index (χ0v) is 12.1. The third kappa shape index (κ3) is 2.79. The summed E-state index contributed by atoms with van der Waals surface area (Å²) in [6.07, 6.45) is 0. The number of hydrogen-bond acceptors (Lipinski definition) is 4. The van der Waals surface area contributed by atoms with E-state index in [1.807, 2.05) is 25.1 Å². The smallest absolute Gasteiger partial charge is 0.146 e. The molecular formula is C15H17NO2S. The van der Waals surface area contributed by atoms with Crippen LogP contribution in [0.5, 0.6) is 11.5 Å². The van der Waals surface area contributed by atoms with E-state index in [2.05, 4.69) is 12.1 Å². The molecule has 3 nitrogen and oxygen atoms in total. The van der Waals surface area contributed by atoms with Crippen LogP contribution in [0.1, 0.15) is 5.56 Å². The number of rotatable bonds is 4. The summed E-state index contributed by atoms with van der Waals surface area (Å²) in [4.78, 5) is 2.18. The lowest BCUT2D eigenvalue weighted by Gasteiger charge is -2.16. The quantitative estimate of drug-likeness (QED) is 0.863. The molecule has 0 aliphatic carbocycles. The van der Waals surface area contributed by atoms with E-state index in [0.29, 0.717) is 11.4 Å². The Morgan fingerprint density at radius 1 is 1.05 bits per heavy atom. The highest BCUT2D eigenvalue weighted by Crippen LogP contribution is 2.43. The molecule has 0 saturated carbocycles. The average molecular weight is 275 g/mol. The summed E-state index contributed by atoms with van der Waals surface area (Å²) in [7, 11) is 3.28. The Kier molecular flexibility index (Phi) is 4.22. The molecule has 0 radical (unpaired) electrons. The summed E-state index contributed by atoms with van der Waals surface area (Å²) in [6, 6.07) is 11.9. The second kappa shape index (κ2) is 5.89. The van der Waals surface area contributed by atoms with E-state index in [9.17, 15) is 0 Å². The summed E-state index contributed by atoms with van der Waals surface area (Å²) >= 11 is 1.64. The molecule has 0 heterocycles. The second-order valence-electron chi connectivity index (χ2n) is 4.07. The molecule has 0 aliphatic rings. The van der Waals surface area contributed by atoms with Crippen LogP contribution in [0.2, 0.25) is 0 Å². The molecule has 0 unspecified atom stereocenters. The molecule has 0 aliphatic heterocycles. The van der Waals surface area contributed by atoms with Gasteiger partial charge in [0.1, 0.15) is 11.5 Å². The van der Waals surface area contributed by atoms with Gasteiger partial charge in [0.05, 0.1) is 24.8 Å². The molecule has 2 rings (SSSR count). The van der Waals surface area contributed by atoms with E-state index in [-0.39, 0.29) is 0 Å². The number of ether oxygens (including phenoxy) is 2. The van der Waals surface area contributed by atoms with E-state index in [1.165, 1.54) is 0 Å². The molecule has 2 N–H and O–H groups in total. The van der Waals surface area contributed by atoms with Gasteiger partial charge in [0.25, 0.3) is 0 Å². The molecule has 0 saturated heterocycles. The van der Waals surface area contributed by atoms with Crippen LogP contribution in [-0.2, 0) is 0 Å². The highest BCUT2D eigenvalue weighted by atomic mass is 32.2. The first kappa shape index (κ1) is 13.6. The number of methoxy groups -OCH3 is 2. The molecule has 0 aromatic heterocycles. The van der Waals surface area contributed by atoms with Crippen LogP contribution in [0.3, 0.4) is 0 Å². The number of nitrogen functional groups attached to an aromatic ring is 1. The van der Waals surface area contributed by atoms with Crippen molar-refractivity contribution in [3.8, 4) is 11.5 Å². The van der Waals surface area contributed by atoms with E-state index in [1.54, 1.807) is 32.0 Å². The third-order valence-corrected chi connectivity index (χ3v) is 4.06. The average Bonchev–Trinajstić information content (AvgIpc) is 2.43. The van der Waals surface area contributed by atoms with E-state index < -0.39 is 0 Å². The largest absolute Gasteiger partial charge is 0.495 e. The zero-order valence-electron chi connectivity index (χ0n) is 11.3. The normalized spacial score (nSPS) is 10.3. The third-order valence-electron chi connectivity index (χ3n) is 2.84. The molecule has 4 heteroatoms. The van der Waals surface area contributed by atoms with Crippen molar-refractivity contribution in [2.45, 2.75) is 16.7 Å². The van der Waals surface area contributed by atoms with Crippen LogP contribution in [0.15, 0.2) is 46.2 Å². The van der Waals surface area contributed by atoms with Gasteiger partial charge in [-0.3, -0.25) is 0 Å². The Hall–Kier alpha value is -1.81. The lowest BCUT2D eigenvalue weighted by molar-refractivity contribution is 0.393. The Labute approximate surface area is 117 Å². The highest BCUT2D eigenvalue weighted by Gasteiger charge is 2.16. The van der Waals surface area contributed by atoms with Crippen molar-refractivity contribution in [3.05, 3.63) is 42.0 Å². The molecule has 0 amide bonds. The van der Waals surface area contributed by atoms with Gasteiger partial charge in [0.15, 0.2) is 0 Å². The van der Waals surface area contributed by atoms with Crippen molar-refractivity contribution in [3.63, 3.8) is 0 Å². The number of anilines is 1. The van der Waals surface area contributed by atoms with Crippen molar-refractivity contribution in [2.24, 2.45) is 0 Å². The first-order valence-corrected chi connectivity index (χ1v) is 6.73. The predicted octanol–water partition coefficient (Wildman–Crippen LogP) is 3.75. The summed E-state index contributed by atoms with van der Waals surface area (Å²) in [6.45, 7) is 1.99. The molecule has 100 valence electrons. The Balaban J connectivity index is 2.49. The minimum atomic E-state index is 0.592. The van der Waals surface area contributed by atoms with E-state index in [4.69, 9.17) is 15.2 Å². The van der Waals surface area contributed by atoms with Crippen LogP contribution in [0.25, 0.3) is 0 Å². The zero-order chi connectivity index (χ0) is 13.8. The summed E-state index contributed by atoms with van der Waals surface area (Å²) in [5.41, 5.74) is 7.54. The first-order chi connectivity index (χ1) is 9.17. The molecular weight excluding hydrogens is 258 g/mol. The highest BCUT2D eigenvalue weighted by molar-refractivity contribution is 7.99. The minimum Gasteiger partial charge on any atom is -0.495 e. The van der Waals surface area contributed by atoms with Gasteiger partial charge in [-0.1, -0.05) is 30.0 Å². The van der Waals surface area contributed by atoms with Crippen LogP contribution in [-0.4, -0.2) is 14.2 Å².